The molecule has 0 saturated carbocycles. The quantitative estimate of drug-likeness (QED) is 0.168. The van der Waals surface area contributed by atoms with Crippen molar-refractivity contribution in [3.8, 4) is 0 Å². The summed E-state index contributed by atoms with van der Waals surface area (Å²) in [5.74, 6) is 4.41. The molecule has 0 fully saturated rings. The van der Waals surface area contributed by atoms with Crippen molar-refractivity contribution >= 4 is 6.41 Å². The van der Waals surface area contributed by atoms with Crippen molar-refractivity contribution in [2.45, 2.75) is 0 Å². The van der Waals surface area contributed by atoms with Gasteiger partial charge in [0.1, 0.15) is 0 Å². The maximum atomic E-state index is 8.94. The Morgan fingerprint density at radius 1 is 1.80 bits per heavy atom. The predicted molar refractivity (Wildman–Crippen MR) is 13.4 cm³/mol. The molecule has 4 heteroatoms. The van der Waals surface area contributed by atoms with E-state index in [1.165, 1.54) is 0 Å². The predicted octanol–water partition coefficient (Wildman–Crippen LogP) is -1.40. The van der Waals surface area contributed by atoms with Crippen molar-refractivity contribution in [1.29, 1.82) is 0 Å². The van der Waals surface area contributed by atoms with Crippen LogP contribution >= 0.6 is 0 Å². The molecule has 3 nitrogen and oxygen atoms in total. The minimum Gasteiger partial charge on any atom is -0.297 e. The van der Waals surface area contributed by atoms with Gasteiger partial charge in [-0.05, 0) is 0 Å². The monoisotopic (exact) mass is 174 g/mol. The molecule has 0 aliphatic heterocycles. The molecule has 0 saturated heterocycles. The first kappa shape index (κ1) is 9.02. The number of hydrazine groups is 1. The van der Waals surface area contributed by atoms with Gasteiger partial charge in [0.15, 0.2) is 0 Å². The van der Waals surface area contributed by atoms with E-state index in [2.05, 4.69) is 5.84 Å². The van der Waals surface area contributed by atoms with Crippen LogP contribution < -0.4 is 11.3 Å². The van der Waals surface area contributed by atoms with Crippen molar-refractivity contribution < 1.29 is 32.1 Å². The smallest absolute Gasteiger partial charge is 0.221 e. The number of amides is 1. The maximum absolute atomic E-state index is 8.94. The molecular weight excluding hydrogens is 168 g/mol. The van der Waals surface area contributed by atoms with Crippen molar-refractivity contribution in [1.82, 2.24) is 5.43 Å². The Morgan fingerprint density at radius 3 is 2.00 bits per heavy atom. The molecule has 0 unspecified atom stereocenters. The number of nitrogens with one attached hydrogen (secondary N) is 1. The molecule has 0 aliphatic carbocycles. The Bertz CT molecular complexity index is 23.6. The van der Waals surface area contributed by atoms with Crippen LogP contribution in [-0.2, 0) is 32.1 Å². The van der Waals surface area contributed by atoms with E-state index in [0.29, 0.717) is 6.41 Å². The summed E-state index contributed by atoms with van der Waals surface area (Å²) in [4.78, 5) is 8.94. The molecule has 3 N–H and O–H groups in total. The van der Waals surface area contributed by atoms with Crippen LogP contribution in [0.4, 0.5) is 0 Å². The number of nitrogens with two attached hydrogens (primary N) is 1. The van der Waals surface area contributed by atoms with Gasteiger partial charge in [0.2, 0.25) is 6.41 Å². The SMILES string of the molecule is NNC=O.[Cd]. The van der Waals surface area contributed by atoms with Gasteiger partial charge in [-0.3, -0.25) is 10.2 Å². The third-order valence-corrected chi connectivity index (χ3v) is 0.0680. The van der Waals surface area contributed by atoms with Gasteiger partial charge in [-0.15, -0.1) is 0 Å². The van der Waals surface area contributed by atoms with Crippen LogP contribution in [0.15, 0.2) is 0 Å². The third-order valence-electron chi connectivity index (χ3n) is 0.0680. The van der Waals surface area contributed by atoms with Gasteiger partial charge in [0.05, 0.1) is 0 Å². The maximum Gasteiger partial charge on any atom is 0.221 e. The fourth-order valence-corrected chi connectivity index (χ4v) is 0. The van der Waals surface area contributed by atoms with Crippen LogP contribution in [0.3, 0.4) is 0 Å². The van der Waals surface area contributed by atoms with E-state index in [-0.39, 0.29) is 27.3 Å². The molecule has 0 bridgehead atoms. The summed E-state index contributed by atoms with van der Waals surface area (Å²) in [6.07, 6.45) is 0.403. The molecule has 0 heterocycles. The van der Waals surface area contributed by atoms with Crippen molar-refractivity contribution in [3.05, 3.63) is 0 Å². The Kier molecular flexibility index (Phi) is 15.9. The minimum atomic E-state index is 0. The fraction of sp³-hybridized carbons (Fsp3) is 0. The summed E-state index contributed by atoms with van der Waals surface area (Å²) in [6, 6.07) is 0. The fourth-order valence-electron chi connectivity index (χ4n) is 0. The summed E-state index contributed by atoms with van der Waals surface area (Å²) in [5.41, 5.74) is 1.75. The zero-order valence-corrected chi connectivity index (χ0v) is 6.81. The average Bonchev–Trinajstić information content (AvgIpc) is 1.37. The van der Waals surface area contributed by atoms with E-state index < -0.39 is 0 Å². The molecule has 0 aromatic heterocycles. The van der Waals surface area contributed by atoms with Crippen LogP contribution in [0.25, 0.3) is 0 Å². The van der Waals surface area contributed by atoms with Gasteiger partial charge in [-0.1, -0.05) is 0 Å². The molecule has 0 aliphatic rings. The van der Waals surface area contributed by atoms with Crippen molar-refractivity contribution in [3.63, 3.8) is 0 Å². The molecule has 0 aromatic rings. The van der Waals surface area contributed by atoms with Crippen molar-refractivity contribution in [2.24, 2.45) is 5.84 Å². The first-order valence-electron chi connectivity index (χ1n) is 0.813. The van der Waals surface area contributed by atoms with Crippen LogP contribution in [0.1, 0.15) is 0 Å². The van der Waals surface area contributed by atoms with Crippen LogP contribution in [0.2, 0.25) is 0 Å². The topological polar surface area (TPSA) is 55.1 Å². The van der Waals surface area contributed by atoms with Crippen molar-refractivity contribution in [2.75, 3.05) is 0 Å². The second-order valence-corrected chi connectivity index (χ2v) is 0.285. The van der Waals surface area contributed by atoms with Gasteiger partial charge in [0.25, 0.3) is 0 Å². The average molecular weight is 172 g/mol. The van der Waals surface area contributed by atoms with E-state index in [9.17, 15) is 0 Å². The Balaban J connectivity index is 0. The summed E-state index contributed by atoms with van der Waals surface area (Å²) in [6.45, 7) is 0. The van der Waals surface area contributed by atoms with Gasteiger partial charge in [-0.2, -0.15) is 0 Å². The normalized spacial score (nSPS) is 4.20. The second kappa shape index (κ2) is 8.84. The van der Waals surface area contributed by atoms with Crippen LogP contribution in [-0.4, -0.2) is 6.41 Å². The van der Waals surface area contributed by atoms with Gasteiger partial charge < -0.3 is 0 Å². The first-order chi connectivity index (χ1) is 1.91. The van der Waals surface area contributed by atoms with E-state index in [1.54, 1.807) is 5.43 Å². The number of carbonyl (C=O) groups is 1. The number of carbonyl (C=O) groups excluding carboxylic acids is 1. The van der Waals surface area contributed by atoms with Crippen LogP contribution in [0.5, 0.6) is 0 Å². The Hall–Kier alpha value is 0.352. The number of hydrogen-bond donors (Lipinski definition) is 2. The Morgan fingerprint density at radius 2 is 2.00 bits per heavy atom. The molecule has 0 radical (unpaired) electrons. The summed E-state index contributed by atoms with van der Waals surface area (Å²) in [7, 11) is 0. The van der Waals surface area contributed by atoms with E-state index in [0.717, 1.165) is 0 Å². The molecule has 0 aromatic carbocycles. The molecule has 26 valence electrons. The molecule has 5 heavy (non-hydrogen) atoms. The van der Waals surface area contributed by atoms with E-state index in [1.807, 2.05) is 0 Å². The molecule has 0 atom stereocenters. The van der Waals surface area contributed by atoms with Gasteiger partial charge >= 0.3 is 0 Å². The first-order valence-corrected chi connectivity index (χ1v) is 0.813. The largest absolute Gasteiger partial charge is 0.297 e. The summed E-state index contributed by atoms with van der Waals surface area (Å²) < 4.78 is 0. The standard InChI is InChI=1S/CH4N2O.Cd/c2-3-1-4;/h1H,2H2,(H,3,4);. The molecule has 0 rings (SSSR count). The summed E-state index contributed by atoms with van der Waals surface area (Å²) in [5, 5.41) is 0. The minimum absolute atomic E-state index is 0. The van der Waals surface area contributed by atoms with Gasteiger partial charge in [0, 0.05) is 27.3 Å². The van der Waals surface area contributed by atoms with Gasteiger partial charge in [-0.25, -0.2) is 5.84 Å². The number of hydrogen-bond acceptors (Lipinski definition) is 2. The Labute approximate surface area is 50.0 Å². The third kappa shape index (κ3) is 13.2. The zero-order chi connectivity index (χ0) is 3.41. The van der Waals surface area contributed by atoms with Crippen LogP contribution in [0, 0.1) is 0 Å². The van der Waals surface area contributed by atoms with E-state index in [4.69, 9.17) is 4.79 Å². The van der Waals surface area contributed by atoms with E-state index >= 15 is 0 Å². The summed E-state index contributed by atoms with van der Waals surface area (Å²) >= 11 is 0. The molecular formula is CH4CdN2O. The molecule has 0 spiro atoms. The second-order valence-electron chi connectivity index (χ2n) is 0.285. The number of rotatable bonds is 1. The zero-order valence-electron chi connectivity index (χ0n) is 2.77. The molecule has 1 amide bonds.